The third-order valence-corrected chi connectivity index (χ3v) is 5.73. The van der Waals surface area contributed by atoms with E-state index in [2.05, 4.69) is 10.6 Å². The maximum absolute atomic E-state index is 13.2. The third kappa shape index (κ3) is 4.11. The van der Waals surface area contributed by atoms with E-state index in [1.807, 2.05) is 0 Å². The predicted octanol–water partition coefficient (Wildman–Crippen LogP) is 2.59. The van der Waals surface area contributed by atoms with Gasteiger partial charge in [0, 0.05) is 18.6 Å². The lowest BCUT2D eigenvalue weighted by Gasteiger charge is -2.31. The molecule has 7 nitrogen and oxygen atoms in total. The molecule has 0 bridgehead atoms. The van der Waals surface area contributed by atoms with E-state index < -0.39 is 6.04 Å². The van der Waals surface area contributed by atoms with Crippen LogP contribution in [0.4, 0.5) is 9.18 Å². The van der Waals surface area contributed by atoms with Gasteiger partial charge in [-0.25, -0.2) is 9.18 Å². The van der Waals surface area contributed by atoms with Crippen LogP contribution in [0.1, 0.15) is 17.2 Å². The summed E-state index contributed by atoms with van der Waals surface area (Å²) in [6.45, 7) is 0.198. The number of urea groups is 1. The molecule has 9 heteroatoms. The zero-order valence-corrected chi connectivity index (χ0v) is 17.4. The lowest BCUT2D eigenvalue weighted by atomic mass is 9.96. The second-order valence-corrected chi connectivity index (χ2v) is 7.80. The Morgan fingerprint density at radius 2 is 1.90 bits per heavy atom. The number of carbonyl (C=O) groups is 3. The fraction of sp³-hybridized carbons (Fsp3) is 0.227. The molecule has 4 rings (SSSR count). The minimum Gasteiger partial charge on any atom is -0.350 e. The minimum absolute atomic E-state index is 0.142. The maximum Gasteiger partial charge on any atom is 0.322 e. The van der Waals surface area contributed by atoms with Crippen molar-refractivity contribution in [3.05, 3.63) is 81.8 Å². The smallest absolute Gasteiger partial charge is 0.322 e. The first kappa shape index (κ1) is 20.9. The first-order valence-electron chi connectivity index (χ1n) is 9.67. The van der Waals surface area contributed by atoms with E-state index in [0.717, 1.165) is 5.56 Å². The van der Waals surface area contributed by atoms with Crippen LogP contribution in [-0.2, 0) is 16.1 Å². The van der Waals surface area contributed by atoms with Crippen molar-refractivity contribution in [3.8, 4) is 0 Å². The quantitative estimate of drug-likeness (QED) is 0.746. The Labute approximate surface area is 183 Å². The summed E-state index contributed by atoms with van der Waals surface area (Å²) in [4.78, 5) is 40.8. The zero-order chi connectivity index (χ0) is 22.1. The van der Waals surface area contributed by atoms with Gasteiger partial charge in [-0.3, -0.25) is 14.5 Å². The summed E-state index contributed by atoms with van der Waals surface area (Å²) in [5, 5.41) is 5.98. The number of hydrogen-bond acceptors (Lipinski definition) is 3. The molecule has 2 aliphatic rings. The lowest BCUT2D eigenvalue weighted by molar-refractivity contribution is -0.132. The summed E-state index contributed by atoms with van der Waals surface area (Å²) in [6.07, 6.45) is 0. The molecule has 0 saturated heterocycles. The van der Waals surface area contributed by atoms with Gasteiger partial charge in [0.15, 0.2) is 0 Å². The van der Waals surface area contributed by atoms with Crippen LogP contribution in [0.3, 0.4) is 0 Å². The molecular formula is C22H20ClFN4O3. The average molecular weight is 443 g/mol. The summed E-state index contributed by atoms with van der Waals surface area (Å²) in [5.41, 5.74) is 2.31. The van der Waals surface area contributed by atoms with Crippen LogP contribution < -0.4 is 10.6 Å². The van der Waals surface area contributed by atoms with Gasteiger partial charge in [0.2, 0.25) is 5.91 Å². The first-order valence-corrected chi connectivity index (χ1v) is 10.0. The van der Waals surface area contributed by atoms with Crippen LogP contribution >= 0.6 is 11.6 Å². The van der Waals surface area contributed by atoms with Crippen molar-refractivity contribution in [3.63, 3.8) is 0 Å². The highest BCUT2D eigenvalue weighted by atomic mass is 35.5. The van der Waals surface area contributed by atoms with Crippen LogP contribution in [0.5, 0.6) is 0 Å². The van der Waals surface area contributed by atoms with Gasteiger partial charge >= 0.3 is 6.03 Å². The molecule has 0 radical (unpaired) electrons. The van der Waals surface area contributed by atoms with Crippen LogP contribution in [0, 0.1) is 5.82 Å². The Morgan fingerprint density at radius 3 is 2.61 bits per heavy atom. The van der Waals surface area contributed by atoms with Gasteiger partial charge in [-0.2, -0.15) is 0 Å². The zero-order valence-electron chi connectivity index (χ0n) is 16.7. The number of amides is 4. The van der Waals surface area contributed by atoms with Crippen molar-refractivity contribution < 1.29 is 18.8 Å². The fourth-order valence-electron chi connectivity index (χ4n) is 3.73. The highest BCUT2D eigenvalue weighted by Gasteiger charge is 2.43. The molecule has 2 heterocycles. The number of carbonyl (C=O) groups excluding carboxylic acids is 3. The first-order chi connectivity index (χ1) is 14.8. The van der Waals surface area contributed by atoms with Crippen molar-refractivity contribution in [2.24, 2.45) is 0 Å². The molecule has 4 amide bonds. The van der Waals surface area contributed by atoms with Crippen molar-refractivity contribution in [2.75, 3.05) is 20.1 Å². The van der Waals surface area contributed by atoms with Crippen LogP contribution in [0.25, 0.3) is 0 Å². The van der Waals surface area contributed by atoms with E-state index in [1.54, 1.807) is 43.4 Å². The number of nitrogens with one attached hydrogen (secondary N) is 2. The number of rotatable bonds is 5. The molecule has 2 aromatic carbocycles. The Kier molecular flexibility index (Phi) is 5.65. The molecule has 0 aliphatic carbocycles. The van der Waals surface area contributed by atoms with Crippen LogP contribution in [-0.4, -0.2) is 47.8 Å². The van der Waals surface area contributed by atoms with Gasteiger partial charge in [0.25, 0.3) is 5.91 Å². The van der Waals surface area contributed by atoms with E-state index in [1.165, 1.54) is 21.9 Å². The molecule has 0 unspecified atom stereocenters. The van der Waals surface area contributed by atoms with E-state index in [4.69, 9.17) is 11.6 Å². The molecule has 160 valence electrons. The molecular weight excluding hydrogens is 423 g/mol. The summed E-state index contributed by atoms with van der Waals surface area (Å²) in [5.74, 6) is -1.03. The second-order valence-electron chi connectivity index (χ2n) is 7.39. The SMILES string of the molecule is CN1C(=O)N[C@@H](c2ccccc2Cl)C2=C1CN(CC(=O)NCc1ccc(F)cc1)C2=O. The molecule has 0 fully saturated rings. The predicted molar refractivity (Wildman–Crippen MR) is 112 cm³/mol. The van der Waals surface area contributed by atoms with E-state index in [0.29, 0.717) is 21.9 Å². The standard InChI is InChI=1S/C22H20ClFN4O3/c1-27-17-11-28(12-18(29)25-10-13-6-8-14(24)9-7-13)21(30)19(17)20(26-22(27)31)15-4-2-3-5-16(15)23/h2-9,20H,10-12H2,1H3,(H,25,29)(H,26,31)/t20-/m0/s1. The third-order valence-electron chi connectivity index (χ3n) is 5.39. The molecule has 2 aliphatic heterocycles. The molecule has 0 spiro atoms. The largest absolute Gasteiger partial charge is 0.350 e. The van der Waals surface area contributed by atoms with Crippen molar-refractivity contribution in [1.82, 2.24) is 20.4 Å². The number of hydrogen-bond donors (Lipinski definition) is 2. The highest BCUT2D eigenvalue weighted by molar-refractivity contribution is 6.31. The van der Waals surface area contributed by atoms with Gasteiger partial charge < -0.3 is 15.5 Å². The Morgan fingerprint density at radius 1 is 1.19 bits per heavy atom. The van der Waals surface area contributed by atoms with Gasteiger partial charge in [0.05, 0.1) is 23.9 Å². The molecule has 0 saturated carbocycles. The molecule has 2 N–H and O–H groups in total. The lowest BCUT2D eigenvalue weighted by Crippen LogP contribution is -2.45. The van der Waals surface area contributed by atoms with Crippen molar-refractivity contribution in [2.45, 2.75) is 12.6 Å². The van der Waals surface area contributed by atoms with Crippen molar-refractivity contribution in [1.29, 1.82) is 0 Å². The highest BCUT2D eigenvalue weighted by Crippen LogP contribution is 2.37. The molecule has 0 aromatic heterocycles. The average Bonchev–Trinajstić information content (AvgIpc) is 3.07. The number of likely N-dealkylation sites (N-methyl/N-ethyl adjacent to an activating group) is 1. The maximum atomic E-state index is 13.2. The van der Waals surface area contributed by atoms with Gasteiger partial charge in [-0.1, -0.05) is 41.9 Å². The summed E-state index contributed by atoms with van der Waals surface area (Å²) < 4.78 is 13.0. The Bertz CT molecular complexity index is 1090. The monoisotopic (exact) mass is 442 g/mol. The normalized spacial score (nSPS) is 18.2. The Hall–Kier alpha value is -3.39. The Balaban J connectivity index is 1.49. The number of halogens is 2. The van der Waals surface area contributed by atoms with E-state index >= 15 is 0 Å². The number of nitrogens with zero attached hydrogens (tertiary/aromatic N) is 2. The van der Waals surface area contributed by atoms with Crippen LogP contribution in [0.2, 0.25) is 5.02 Å². The minimum atomic E-state index is -0.688. The van der Waals surface area contributed by atoms with E-state index in [-0.39, 0.29) is 43.3 Å². The fourth-order valence-corrected chi connectivity index (χ4v) is 3.97. The summed E-state index contributed by atoms with van der Waals surface area (Å²) >= 11 is 6.31. The molecule has 1 atom stereocenters. The van der Waals surface area contributed by atoms with Crippen LogP contribution in [0.15, 0.2) is 59.8 Å². The van der Waals surface area contributed by atoms with Gasteiger partial charge in [0.1, 0.15) is 12.4 Å². The summed E-state index contributed by atoms with van der Waals surface area (Å²) in [7, 11) is 1.58. The van der Waals surface area contributed by atoms with Gasteiger partial charge in [-0.15, -0.1) is 0 Å². The van der Waals surface area contributed by atoms with Gasteiger partial charge in [-0.05, 0) is 29.3 Å². The van der Waals surface area contributed by atoms with Crippen molar-refractivity contribution >= 4 is 29.4 Å². The topological polar surface area (TPSA) is 81.8 Å². The number of benzene rings is 2. The molecule has 31 heavy (non-hydrogen) atoms. The summed E-state index contributed by atoms with van der Waals surface area (Å²) in [6, 6.07) is 11.8. The second kappa shape index (κ2) is 8.39. The molecule has 2 aromatic rings. The van der Waals surface area contributed by atoms with E-state index in [9.17, 15) is 18.8 Å².